The van der Waals surface area contributed by atoms with Crippen LogP contribution in [0.3, 0.4) is 0 Å². The number of hydrogen-bond acceptors (Lipinski definition) is 10. The van der Waals surface area contributed by atoms with Crippen molar-refractivity contribution in [3.05, 3.63) is 45.8 Å². The molecule has 1 aromatic heterocycles. The normalized spacial score (nSPS) is 18.9. The molecule has 4 rings (SSSR count). The number of halogens is 1. The summed E-state index contributed by atoms with van der Waals surface area (Å²) < 4.78 is 48.0. The third-order valence-electron chi connectivity index (χ3n) is 6.67. The van der Waals surface area contributed by atoms with Crippen molar-refractivity contribution in [1.29, 1.82) is 0 Å². The van der Waals surface area contributed by atoms with Crippen LogP contribution in [0.2, 0.25) is 0 Å². The number of thiophene rings is 1. The molecule has 1 unspecified atom stereocenters. The van der Waals surface area contributed by atoms with E-state index in [9.17, 15) is 27.7 Å². The fraction of sp³-hybridized carbons (Fsp3) is 0.522. The molecule has 0 radical (unpaired) electrons. The lowest BCUT2D eigenvalue weighted by Crippen LogP contribution is -2.49. The van der Waals surface area contributed by atoms with Gasteiger partial charge in [-0.25, -0.2) is 22.7 Å². The smallest absolute Gasteiger partial charge is 0.409 e. The van der Waals surface area contributed by atoms with Crippen LogP contribution in [0.5, 0.6) is 5.75 Å². The first-order chi connectivity index (χ1) is 18.0. The lowest BCUT2D eigenvalue weighted by atomic mass is 9.98. The first-order valence-corrected chi connectivity index (χ1v) is 14.4. The number of carbonyl (C=O) groups is 1. The van der Waals surface area contributed by atoms with Gasteiger partial charge in [0.05, 0.1) is 18.6 Å². The Morgan fingerprint density at radius 2 is 1.97 bits per heavy atom. The third-order valence-corrected chi connectivity index (χ3v) is 9.27. The van der Waals surface area contributed by atoms with Crippen LogP contribution in [-0.4, -0.2) is 82.2 Å². The van der Waals surface area contributed by atoms with E-state index in [0.717, 1.165) is 36.8 Å². The van der Waals surface area contributed by atoms with Gasteiger partial charge in [-0.3, -0.25) is 15.0 Å². The van der Waals surface area contributed by atoms with Gasteiger partial charge in [-0.05, 0) is 37.6 Å². The van der Waals surface area contributed by atoms with Crippen molar-refractivity contribution < 1.29 is 32.0 Å². The van der Waals surface area contributed by atoms with E-state index in [0.29, 0.717) is 24.4 Å². The number of nitro groups is 1. The number of carbonyl (C=O) groups excluding carboxylic acids is 1. The second kappa shape index (κ2) is 11.8. The van der Waals surface area contributed by atoms with E-state index in [-0.39, 0.29) is 59.4 Å². The maximum atomic E-state index is 14.2. The Kier molecular flexibility index (Phi) is 8.70. The van der Waals surface area contributed by atoms with Crippen LogP contribution in [0.25, 0.3) is 0 Å². The van der Waals surface area contributed by atoms with Crippen molar-refractivity contribution >= 4 is 38.1 Å². The number of hydrogen-bond donors (Lipinski definition) is 1. The summed E-state index contributed by atoms with van der Waals surface area (Å²) >= 11 is 0.745. The summed E-state index contributed by atoms with van der Waals surface area (Å²) in [5, 5.41) is 16.8. The van der Waals surface area contributed by atoms with Gasteiger partial charge in [0.1, 0.15) is 15.8 Å². The molecule has 0 bridgehead atoms. The molecule has 208 valence electrons. The first kappa shape index (κ1) is 28.0. The molecule has 0 saturated carbocycles. The second-order valence-corrected chi connectivity index (χ2v) is 12.1. The Hall–Kier alpha value is -3.01. The van der Waals surface area contributed by atoms with E-state index >= 15 is 0 Å². The molecule has 0 spiro atoms. The molecule has 2 aliphatic heterocycles. The number of nitrogens with zero attached hydrogens (tertiary/aromatic N) is 4. The number of piperazine rings is 1. The molecule has 2 aliphatic rings. The van der Waals surface area contributed by atoms with Crippen LogP contribution < -0.4 is 14.8 Å². The standard InChI is InChI=1S/C23H30FN5O7S2/c1-35-18-4-5-19(24)17(11-18)14-26-6-2-3-16(13-26)15-36-23(30)28-9-7-27(8-10-28)22-20(29(31)32)12-21(37-22)38(25,33)34/h4-5,11-12,16H,2-3,6-10,13-15H2,1H3,(H2,25,33,34). The van der Waals surface area contributed by atoms with Gasteiger partial charge < -0.3 is 19.3 Å². The Balaban J connectivity index is 1.27. The Morgan fingerprint density at radius 1 is 1.24 bits per heavy atom. The Morgan fingerprint density at radius 3 is 2.63 bits per heavy atom. The molecule has 15 heteroatoms. The van der Waals surface area contributed by atoms with E-state index in [4.69, 9.17) is 14.6 Å². The zero-order chi connectivity index (χ0) is 27.4. The number of likely N-dealkylation sites (tertiary alicyclic amines) is 1. The minimum atomic E-state index is -4.07. The van der Waals surface area contributed by atoms with E-state index in [1.807, 2.05) is 0 Å². The number of nitrogens with two attached hydrogens (primary N) is 1. The van der Waals surface area contributed by atoms with Gasteiger partial charge in [-0.1, -0.05) is 11.3 Å². The number of primary sulfonamides is 1. The first-order valence-electron chi connectivity index (χ1n) is 12.1. The molecular weight excluding hydrogens is 541 g/mol. The third kappa shape index (κ3) is 6.70. The fourth-order valence-corrected chi connectivity index (χ4v) is 6.58. The van der Waals surface area contributed by atoms with E-state index in [2.05, 4.69) is 4.90 Å². The van der Waals surface area contributed by atoms with Gasteiger partial charge in [0.25, 0.3) is 0 Å². The molecule has 3 heterocycles. The maximum absolute atomic E-state index is 14.2. The van der Waals surface area contributed by atoms with Gasteiger partial charge in [-0.15, -0.1) is 0 Å². The molecule has 1 amide bonds. The Labute approximate surface area is 223 Å². The summed E-state index contributed by atoms with van der Waals surface area (Å²) in [5.41, 5.74) is 0.229. The fourth-order valence-electron chi connectivity index (χ4n) is 4.69. The SMILES string of the molecule is COc1ccc(F)c(CN2CCCC(COC(=O)N3CCN(c4sc(S(N)(=O)=O)cc4[N+](=O)[O-])CC3)C2)c1. The lowest BCUT2D eigenvalue weighted by molar-refractivity contribution is -0.383. The van der Waals surface area contributed by atoms with E-state index in [1.54, 1.807) is 24.1 Å². The highest BCUT2D eigenvalue weighted by Gasteiger charge is 2.31. The molecule has 12 nitrogen and oxygen atoms in total. The van der Waals surface area contributed by atoms with Gasteiger partial charge in [0, 0.05) is 56.8 Å². The summed E-state index contributed by atoms with van der Waals surface area (Å²) in [6.45, 7) is 3.28. The van der Waals surface area contributed by atoms with E-state index < -0.39 is 21.0 Å². The van der Waals surface area contributed by atoms with E-state index in [1.165, 1.54) is 11.0 Å². The number of amides is 1. The minimum Gasteiger partial charge on any atom is -0.497 e. The molecule has 1 aromatic carbocycles. The molecule has 2 saturated heterocycles. The number of sulfonamides is 1. The predicted molar refractivity (Wildman–Crippen MR) is 138 cm³/mol. The minimum absolute atomic E-state index is 0.119. The van der Waals surface area contributed by atoms with Gasteiger partial charge in [0.2, 0.25) is 10.0 Å². The van der Waals surface area contributed by atoms with Crippen LogP contribution >= 0.6 is 11.3 Å². The van der Waals surface area contributed by atoms with Crippen LogP contribution in [0.1, 0.15) is 18.4 Å². The summed E-state index contributed by atoms with van der Waals surface area (Å²) in [6.07, 6.45) is 1.34. The van der Waals surface area contributed by atoms with Crippen LogP contribution in [-0.2, 0) is 21.3 Å². The molecule has 1 atom stereocenters. The summed E-state index contributed by atoms with van der Waals surface area (Å²) in [4.78, 5) is 28.8. The highest BCUT2D eigenvalue weighted by atomic mass is 32.2. The lowest BCUT2D eigenvalue weighted by Gasteiger charge is -2.35. The maximum Gasteiger partial charge on any atom is 0.409 e. The molecule has 38 heavy (non-hydrogen) atoms. The number of methoxy groups -OCH3 is 1. The van der Waals surface area contributed by atoms with Crippen LogP contribution in [0, 0.1) is 21.8 Å². The van der Waals surface area contributed by atoms with Crippen molar-refractivity contribution in [2.75, 3.05) is 57.9 Å². The molecular formula is C23H30FN5O7S2. The van der Waals surface area contributed by atoms with Crippen molar-refractivity contribution in [2.45, 2.75) is 23.6 Å². The topological polar surface area (TPSA) is 149 Å². The number of benzene rings is 1. The van der Waals surface area contributed by atoms with Gasteiger partial charge in [0.15, 0.2) is 5.00 Å². The molecule has 2 N–H and O–H groups in total. The summed E-state index contributed by atoms with van der Waals surface area (Å²) in [7, 11) is -2.53. The number of rotatable bonds is 8. The van der Waals surface area contributed by atoms with Crippen molar-refractivity contribution in [2.24, 2.45) is 11.1 Å². The van der Waals surface area contributed by atoms with Gasteiger partial charge >= 0.3 is 11.8 Å². The largest absolute Gasteiger partial charge is 0.497 e. The quantitative estimate of drug-likeness (QED) is 0.373. The molecule has 0 aliphatic carbocycles. The van der Waals surface area contributed by atoms with Crippen molar-refractivity contribution in [1.82, 2.24) is 9.80 Å². The number of piperidine rings is 1. The molecule has 2 aromatic rings. The number of ether oxygens (including phenoxy) is 2. The predicted octanol–water partition coefficient (Wildman–Crippen LogP) is 2.62. The average molecular weight is 572 g/mol. The zero-order valence-electron chi connectivity index (χ0n) is 20.9. The second-order valence-electron chi connectivity index (χ2n) is 9.31. The average Bonchev–Trinajstić information content (AvgIpc) is 3.36. The van der Waals surface area contributed by atoms with Crippen LogP contribution in [0.15, 0.2) is 28.5 Å². The van der Waals surface area contributed by atoms with Crippen molar-refractivity contribution in [3.8, 4) is 5.75 Å². The Bertz CT molecular complexity index is 1280. The summed E-state index contributed by atoms with van der Waals surface area (Å²) in [5.74, 6) is 0.433. The molecule has 2 fully saturated rings. The van der Waals surface area contributed by atoms with Gasteiger partial charge in [-0.2, -0.15) is 0 Å². The zero-order valence-corrected chi connectivity index (χ0v) is 22.5. The highest BCUT2D eigenvalue weighted by molar-refractivity contribution is 7.91. The highest BCUT2D eigenvalue weighted by Crippen LogP contribution is 2.39. The van der Waals surface area contributed by atoms with Crippen molar-refractivity contribution in [3.63, 3.8) is 0 Å². The van der Waals surface area contributed by atoms with Crippen LogP contribution in [0.4, 0.5) is 19.9 Å². The monoisotopic (exact) mass is 571 g/mol. The number of anilines is 1. The summed E-state index contributed by atoms with van der Waals surface area (Å²) in [6, 6.07) is 5.64.